The molecule has 3 amide bonds. The van der Waals surface area contributed by atoms with Gasteiger partial charge in [0.15, 0.2) is 0 Å². The van der Waals surface area contributed by atoms with Crippen LogP contribution in [0.4, 0.5) is 10.6 Å². The van der Waals surface area contributed by atoms with E-state index in [1.54, 1.807) is 0 Å². The summed E-state index contributed by atoms with van der Waals surface area (Å²) in [5.41, 5.74) is 0.166. The van der Waals surface area contributed by atoms with E-state index in [2.05, 4.69) is 48.2 Å². The van der Waals surface area contributed by atoms with E-state index >= 15 is 0 Å². The number of piperidine rings is 1. The molecule has 3 rings (SSSR count). The largest absolute Gasteiger partial charge is 0.354 e. The Morgan fingerprint density at radius 3 is 2.50 bits per heavy atom. The van der Waals surface area contributed by atoms with Crippen LogP contribution in [0.3, 0.4) is 0 Å². The molecule has 3 heterocycles. The monoisotopic (exact) mass is 331 g/mol. The molecule has 130 valence electrons. The fourth-order valence-electron chi connectivity index (χ4n) is 3.25. The van der Waals surface area contributed by atoms with E-state index < -0.39 is 11.6 Å². The van der Waals surface area contributed by atoms with Crippen molar-refractivity contribution in [3.05, 3.63) is 17.6 Å². The maximum atomic E-state index is 12.2. The quantitative estimate of drug-likeness (QED) is 0.826. The van der Waals surface area contributed by atoms with Gasteiger partial charge in [0.25, 0.3) is 5.91 Å². The number of urea groups is 1. The highest BCUT2D eigenvalue weighted by Crippen LogP contribution is 2.29. The maximum absolute atomic E-state index is 12.2. The van der Waals surface area contributed by atoms with Gasteiger partial charge in [-0.15, -0.1) is 0 Å². The molecule has 1 unspecified atom stereocenters. The molecule has 0 aromatic carbocycles. The normalized spacial score (nSPS) is 24.0. The van der Waals surface area contributed by atoms with Gasteiger partial charge in [-0.25, -0.2) is 14.8 Å². The van der Waals surface area contributed by atoms with E-state index in [9.17, 15) is 9.59 Å². The Hall–Kier alpha value is -2.18. The summed E-state index contributed by atoms with van der Waals surface area (Å²) in [4.78, 5) is 35.3. The lowest BCUT2D eigenvalue weighted by Crippen LogP contribution is -2.58. The first-order valence-electron chi connectivity index (χ1n) is 8.58. The molecule has 2 N–H and O–H groups in total. The van der Waals surface area contributed by atoms with Crippen molar-refractivity contribution < 1.29 is 9.59 Å². The zero-order valence-corrected chi connectivity index (χ0v) is 14.7. The Labute approximate surface area is 142 Å². The number of carbonyl (C=O) groups is 2. The molecule has 2 aliphatic rings. The lowest BCUT2D eigenvalue weighted by molar-refractivity contribution is -0.124. The van der Waals surface area contributed by atoms with Gasteiger partial charge in [0.1, 0.15) is 17.2 Å². The number of amides is 3. The van der Waals surface area contributed by atoms with E-state index in [1.165, 1.54) is 0 Å². The molecule has 2 aliphatic heterocycles. The molecule has 0 radical (unpaired) electrons. The van der Waals surface area contributed by atoms with Crippen molar-refractivity contribution in [1.82, 2.24) is 20.6 Å². The minimum Gasteiger partial charge on any atom is -0.354 e. The van der Waals surface area contributed by atoms with Crippen LogP contribution >= 0.6 is 0 Å². The summed E-state index contributed by atoms with van der Waals surface area (Å²) < 4.78 is 0. The number of carbonyl (C=O) groups excluding carboxylic acids is 2. The molecule has 2 saturated heterocycles. The summed E-state index contributed by atoms with van der Waals surface area (Å²) in [6.07, 6.45) is 1.48. The van der Waals surface area contributed by atoms with Crippen LogP contribution in [0.25, 0.3) is 0 Å². The van der Waals surface area contributed by atoms with Crippen LogP contribution in [-0.4, -0.2) is 40.5 Å². The molecule has 1 spiro atoms. The number of aromatic nitrogens is 2. The fourth-order valence-corrected chi connectivity index (χ4v) is 3.25. The lowest BCUT2D eigenvalue weighted by Gasteiger charge is -2.39. The summed E-state index contributed by atoms with van der Waals surface area (Å²) >= 11 is 0. The van der Waals surface area contributed by atoms with Crippen molar-refractivity contribution >= 4 is 17.8 Å². The first-order valence-corrected chi connectivity index (χ1v) is 8.58. The molecule has 1 aromatic rings. The van der Waals surface area contributed by atoms with Crippen molar-refractivity contribution in [3.63, 3.8) is 0 Å². The highest BCUT2D eigenvalue weighted by Gasteiger charge is 2.49. The van der Waals surface area contributed by atoms with Crippen LogP contribution in [0, 0.1) is 0 Å². The van der Waals surface area contributed by atoms with Gasteiger partial charge in [0.05, 0.1) is 6.54 Å². The molecular weight excluding hydrogens is 306 g/mol. The Bertz CT molecular complexity index is 647. The van der Waals surface area contributed by atoms with Crippen LogP contribution in [-0.2, 0) is 4.79 Å². The number of nitrogens with zero attached hydrogens (tertiary/aromatic N) is 3. The van der Waals surface area contributed by atoms with Gasteiger partial charge in [-0.05, 0) is 18.8 Å². The van der Waals surface area contributed by atoms with E-state index in [0.717, 1.165) is 30.3 Å². The van der Waals surface area contributed by atoms with Gasteiger partial charge in [-0.2, -0.15) is 0 Å². The zero-order chi connectivity index (χ0) is 17.5. The van der Waals surface area contributed by atoms with E-state index in [0.29, 0.717) is 18.9 Å². The average Bonchev–Trinajstić information content (AvgIpc) is 2.80. The first-order chi connectivity index (χ1) is 11.3. The summed E-state index contributed by atoms with van der Waals surface area (Å²) in [7, 11) is 0. The number of hydrogen-bond acceptors (Lipinski definition) is 5. The van der Waals surface area contributed by atoms with E-state index in [4.69, 9.17) is 4.98 Å². The lowest BCUT2D eigenvalue weighted by atomic mass is 9.89. The Balaban J connectivity index is 1.93. The van der Waals surface area contributed by atoms with Gasteiger partial charge in [-0.1, -0.05) is 27.7 Å². The van der Waals surface area contributed by atoms with Crippen molar-refractivity contribution in [2.75, 3.05) is 18.0 Å². The van der Waals surface area contributed by atoms with Gasteiger partial charge in [0, 0.05) is 24.2 Å². The standard InChI is InChI=1S/C17H25N5O2/c1-10(2)12-8-13(19-14(18-12)11(3)4)22-7-5-6-17(9-22)15(23)20-16(24)21-17/h8,10-11H,5-7,9H2,1-4H3,(H2,20,21,23,24). The van der Waals surface area contributed by atoms with Crippen molar-refractivity contribution in [2.45, 2.75) is 57.9 Å². The maximum Gasteiger partial charge on any atom is 0.322 e. The number of imide groups is 1. The zero-order valence-electron chi connectivity index (χ0n) is 14.7. The van der Waals surface area contributed by atoms with Crippen molar-refractivity contribution in [3.8, 4) is 0 Å². The predicted octanol–water partition coefficient (Wildman–Crippen LogP) is 1.90. The van der Waals surface area contributed by atoms with E-state index in [1.807, 2.05) is 6.07 Å². The second kappa shape index (κ2) is 6.03. The second-order valence-corrected chi connectivity index (χ2v) is 7.33. The molecule has 0 aliphatic carbocycles. The molecule has 7 nitrogen and oxygen atoms in total. The number of nitrogens with one attached hydrogen (secondary N) is 2. The van der Waals surface area contributed by atoms with Gasteiger partial charge >= 0.3 is 6.03 Å². The van der Waals surface area contributed by atoms with Crippen LogP contribution in [0.1, 0.15) is 63.9 Å². The van der Waals surface area contributed by atoms with Crippen molar-refractivity contribution in [2.24, 2.45) is 0 Å². The highest BCUT2D eigenvalue weighted by molar-refractivity contribution is 6.07. The fraction of sp³-hybridized carbons (Fsp3) is 0.647. The average molecular weight is 331 g/mol. The number of hydrogen-bond donors (Lipinski definition) is 2. The molecule has 7 heteroatoms. The Morgan fingerprint density at radius 2 is 1.92 bits per heavy atom. The third-order valence-corrected chi connectivity index (χ3v) is 4.69. The Kier molecular flexibility index (Phi) is 4.19. The van der Waals surface area contributed by atoms with Crippen LogP contribution in [0.2, 0.25) is 0 Å². The SMILES string of the molecule is CC(C)c1cc(N2CCCC3(C2)NC(=O)NC3=O)nc(C(C)C)n1. The number of anilines is 1. The smallest absolute Gasteiger partial charge is 0.322 e. The summed E-state index contributed by atoms with van der Waals surface area (Å²) in [6, 6.07) is 1.60. The molecule has 0 bridgehead atoms. The molecular formula is C17H25N5O2. The number of rotatable bonds is 3. The van der Waals surface area contributed by atoms with Gasteiger partial charge in [-0.3, -0.25) is 10.1 Å². The van der Waals surface area contributed by atoms with Gasteiger partial charge in [0.2, 0.25) is 0 Å². The van der Waals surface area contributed by atoms with Crippen LogP contribution in [0.15, 0.2) is 6.07 Å². The highest BCUT2D eigenvalue weighted by atomic mass is 16.2. The van der Waals surface area contributed by atoms with Crippen LogP contribution < -0.4 is 15.5 Å². The Morgan fingerprint density at radius 1 is 1.17 bits per heavy atom. The molecule has 0 saturated carbocycles. The second-order valence-electron chi connectivity index (χ2n) is 7.33. The summed E-state index contributed by atoms with van der Waals surface area (Å²) in [6.45, 7) is 9.63. The topological polar surface area (TPSA) is 87.2 Å². The van der Waals surface area contributed by atoms with Gasteiger partial charge < -0.3 is 10.2 Å². The molecule has 24 heavy (non-hydrogen) atoms. The molecule has 2 fully saturated rings. The summed E-state index contributed by atoms with van der Waals surface area (Å²) in [5.74, 6) is 1.95. The molecule has 1 aromatic heterocycles. The van der Waals surface area contributed by atoms with E-state index in [-0.39, 0.29) is 11.8 Å². The molecule has 1 atom stereocenters. The van der Waals surface area contributed by atoms with Crippen LogP contribution in [0.5, 0.6) is 0 Å². The van der Waals surface area contributed by atoms with Crippen molar-refractivity contribution in [1.29, 1.82) is 0 Å². The predicted molar refractivity (Wildman–Crippen MR) is 91.1 cm³/mol. The minimum absolute atomic E-state index is 0.232. The summed E-state index contributed by atoms with van der Waals surface area (Å²) in [5, 5.41) is 5.17. The first kappa shape index (κ1) is 16.7. The third-order valence-electron chi connectivity index (χ3n) is 4.69. The minimum atomic E-state index is -0.837. The third kappa shape index (κ3) is 2.95.